The van der Waals surface area contributed by atoms with E-state index in [-0.39, 0.29) is 28.1 Å². The van der Waals surface area contributed by atoms with Crippen LogP contribution in [-0.2, 0) is 22.5 Å². The van der Waals surface area contributed by atoms with Crippen LogP contribution >= 0.6 is 22.9 Å². The number of nitro benzene ring substituents is 1. The van der Waals surface area contributed by atoms with E-state index in [9.17, 15) is 19.7 Å². The molecule has 4 rings (SSSR count). The number of halogens is 1. The SMILES string of the molecule is O=C(Nc1nc2c(s1)CN(C(=O)c1ccc(Cl)c([N+](=O)[O-])c1)CC2)C1CCCO1. The summed E-state index contributed by atoms with van der Waals surface area (Å²) in [5.41, 5.74) is 0.761. The van der Waals surface area contributed by atoms with Crippen molar-refractivity contribution in [3.05, 3.63) is 49.5 Å². The van der Waals surface area contributed by atoms with Crippen molar-refractivity contribution in [3.8, 4) is 0 Å². The molecule has 2 amide bonds. The highest BCUT2D eigenvalue weighted by Crippen LogP contribution is 2.31. The van der Waals surface area contributed by atoms with Crippen molar-refractivity contribution in [3.63, 3.8) is 0 Å². The monoisotopic (exact) mass is 436 g/mol. The summed E-state index contributed by atoms with van der Waals surface area (Å²) >= 11 is 7.15. The van der Waals surface area contributed by atoms with E-state index in [2.05, 4.69) is 10.3 Å². The highest BCUT2D eigenvalue weighted by atomic mass is 35.5. The van der Waals surface area contributed by atoms with Crippen molar-refractivity contribution in [2.75, 3.05) is 18.5 Å². The topological polar surface area (TPSA) is 115 Å². The molecule has 3 heterocycles. The van der Waals surface area contributed by atoms with Crippen molar-refractivity contribution in [2.45, 2.75) is 31.9 Å². The first-order chi connectivity index (χ1) is 13.9. The quantitative estimate of drug-likeness (QED) is 0.582. The molecule has 1 atom stereocenters. The molecule has 1 N–H and O–H groups in total. The van der Waals surface area contributed by atoms with Crippen LogP contribution in [0.25, 0.3) is 0 Å². The number of nitrogens with zero attached hydrogens (tertiary/aromatic N) is 3. The van der Waals surface area contributed by atoms with Crippen molar-refractivity contribution >= 4 is 45.6 Å². The van der Waals surface area contributed by atoms with E-state index >= 15 is 0 Å². The molecule has 0 aliphatic carbocycles. The Hall–Kier alpha value is -2.56. The lowest BCUT2D eigenvalue weighted by atomic mass is 10.1. The molecular formula is C18H17ClN4O5S. The molecule has 1 aromatic carbocycles. The van der Waals surface area contributed by atoms with Crippen LogP contribution in [0.4, 0.5) is 10.8 Å². The van der Waals surface area contributed by atoms with Gasteiger partial charge >= 0.3 is 0 Å². The fraction of sp³-hybridized carbons (Fsp3) is 0.389. The number of rotatable bonds is 4. The lowest BCUT2D eigenvalue weighted by Gasteiger charge is -2.26. The van der Waals surface area contributed by atoms with Crippen LogP contribution in [0.1, 0.15) is 33.8 Å². The van der Waals surface area contributed by atoms with Crippen LogP contribution in [0.2, 0.25) is 5.02 Å². The molecule has 2 aliphatic rings. The van der Waals surface area contributed by atoms with Crippen LogP contribution in [0.5, 0.6) is 0 Å². The zero-order valence-corrected chi connectivity index (χ0v) is 16.8. The van der Waals surface area contributed by atoms with Gasteiger partial charge in [-0.3, -0.25) is 25.0 Å². The number of thiazole rings is 1. The number of benzene rings is 1. The Kier molecular flexibility index (Phi) is 5.48. The second-order valence-corrected chi connectivity index (χ2v) is 8.27. The van der Waals surface area contributed by atoms with Crippen molar-refractivity contribution in [1.29, 1.82) is 0 Å². The van der Waals surface area contributed by atoms with Gasteiger partial charge < -0.3 is 9.64 Å². The summed E-state index contributed by atoms with van der Waals surface area (Å²) in [6.07, 6.45) is 1.68. The number of nitrogens with one attached hydrogen (secondary N) is 1. The van der Waals surface area contributed by atoms with Gasteiger partial charge in [0.2, 0.25) is 0 Å². The van der Waals surface area contributed by atoms with E-state index < -0.39 is 11.0 Å². The summed E-state index contributed by atoms with van der Waals surface area (Å²) in [4.78, 5) is 42.4. The lowest BCUT2D eigenvalue weighted by Crippen LogP contribution is -2.35. The molecule has 0 bridgehead atoms. The Balaban J connectivity index is 1.46. The van der Waals surface area contributed by atoms with Crippen LogP contribution in [0.15, 0.2) is 18.2 Å². The third-order valence-electron chi connectivity index (χ3n) is 4.86. The molecule has 2 aliphatic heterocycles. The van der Waals surface area contributed by atoms with Crippen molar-refractivity contribution < 1.29 is 19.2 Å². The minimum absolute atomic E-state index is 0.0124. The average molecular weight is 437 g/mol. The molecule has 29 heavy (non-hydrogen) atoms. The summed E-state index contributed by atoms with van der Waals surface area (Å²) < 4.78 is 5.38. The zero-order chi connectivity index (χ0) is 20.5. The largest absolute Gasteiger partial charge is 0.368 e. The standard InChI is InChI=1S/C18H17ClN4O5S/c19-11-4-3-10(8-13(11)23(26)27)17(25)22-6-5-12-15(9-22)29-18(20-12)21-16(24)14-2-1-7-28-14/h3-4,8,14H,1-2,5-7,9H2,(H,20,21,24). The first kappa shape index (κ1) is 19.7. The Labute approximate surface area is 174 Å². The van der Waals surface area contributed by atoms with Gasteiger partial charge in [0.15, 0.2) is 5.13 Å². The summed E-state index contributed by atoms with van der Waals surface area (Å²) in [6.45, 7) is 1.36. The fourth-order valence-corrected chi connectivity index (χ4v) is 4.57. The van der Waals surface area contributed by atoms with Crippen LogP contribution in [0.3, 0.4) is 0 Å². The van der Waals surface area contributed by atoms with Gasteiger partial charge in [-0.1, -0.05) is 22.9 Å². The van der Waals surface area contributed by atoms with E-state index in [1.54, 1.807) is 4.90 Å². The highest BCUT2D eigenvalue weighted by Gasteiger charge is 2.28. The molecule has 1 saturated heterocycles. The number of nitro groups is 1. The Morgan fingerprint density at radius 3 is 2.97 bits per heavy atom. The third-order valence-corrected chi connectivity index (χ3v) is 6.18. The molecule has 1 unspecified atom stereocenters. The van der Waals surface area contributed by atoms with Crippen LogP contribution < -0.4 is 5.32 Å². The molecule has 0 saturated carbocycles. The molecule has 0 spiro atoms. The van der Waals surface area contributed by atoms with Gasteiger partial charge in [0, 0.05) is 36.1 Å². The van der Waals surface area contributed by atoms with Gasteiger partial charge in [-0.15, -0.1) is 0 Å². The van der Waals surface area contributed by atoms with Crippen molar-refractivity contribution in [2.24, 2.45) is 0 Å². The van der Waals surface area contributed by atoms with Gasteiger partial charge in [0.05, 0.1) is 17.2 Å². The molecular weight excluding hydrogens is 420 g/mol. The van der Waals surface area contributed by atoms with Gasteiger partial charge in [0.1, 0.15) is 11.1 Å². The normalized spacial score (nSPS) is 18.4. The summed E-state index contributed by atoms with van der Waals surface area (Å²) in [7, 11) is 0. The number of fused-ring (bicyclic) bond motifs is 1. The maximum atomic E-state index is 12.8. The van der Waals surface area contributed by atoms with E-state index in [0.717, 1.165) is 17.0 Å². The van der Waals surface area contributed by atoms with Crippen molar-refractivity contribution in [1.82, 2.24) is 9.88 Å². The van der Waals surface area contributed by atoms with Gasteiger partial charge in [-0.2, -0.15) is 0 Å². The minimum Gasteiger partial charge on any atom is -0.368 e. The molecule has 152 valence electrons. The number of ether oxygens (including phenoxy) is 1. The number of carbonyl (C=O) groups is 2. The lowest BCUT2D eigenvalue weighted by molar-refractivity contribution is -0.384. The molecule has 0 radical (unpaired) electrons. The van der Waals surface area contributed by atoms with E-state index in [4.69, 9.17) is 16.3 Å². The minimum atomic E-state index is -0.611. The Morgan fingerprint density at radius 2 is 2.24 bits per heavy atom. The summed E-state index contributed by atoms with van der Waals surface area (Å²) in [5, 5.41) is 14.3. The second-order valence-electron chi connectivity index (χ2n) is 6.78. The summed E-state index contributed by atoms with van der Waals surface area (Å²) in [5.74, 6) is -0.510. The zero-order valence-electron chi connectivity index (χ0n) is 15.2. The molecule has 11 heteroatoms. The third kappa shape index (κ3) is 4.09. The number of amides is 2. The van der Waals surface area contributed by atoms with Gasteiger partial charge in [-0.25, -0.2) is 4.98 Å². The molecule has 2 aromatic rings. The number of hydrogen-bond acceptors (Lipinski definition) is 7. The molecule has 1 aromatic heterocycles. The number of hydrogen-bond donors (Lipinski definition) is 1. The maximum Gasteiger partial charge on any atom is 0.288 e. The van der Waals surface area contributed by atoms with Gasteiger partial charge in [-0.05, 0) is 25.0 Å². The predicted octanol–water partition coefficient (Wildman–Crippen LogP) is 3.02. The first-order valence-electron chi connectivity index (χ1n) is 9.06. The van der Waals surface area contributed by atoms with E-state index in [0.29, 0.717) is 37.7 Å². The predicted molar refractivity (Wildman–Crippen MR) is 106 cm³/mol. The highest BCUT2D eigenvalue weighted by molar-refractivity contribution is 7.15. The number of carbonyl (C=O) groups excluding carboxylic acids is 2. The van der Waals surface area contributed by atoms with Gasteiger partial charge in [0.25, 0.3) is 17.5 Å². The van der Waals surface area contributed by atoms with Crippen LogP contribution in [0, 0.1) is 10.1 Å². The molecule has 1 fully saturated rings. The number of anilines is 1. The Bertz CT molecular complexity index is 989. The fourth-order valence-electron chi connectivity index (χ4n) is 3.36. The molecule has 9 nitrogen and oxygen atoms in total. The van der Waals surface area contributed by atoms with E-state index in [1.165, 1.54) is 29.5 Å². The maximum absolute atomic E-state index is 12.8. The summed E-state index contributed by atoms with van der Waals surface area (Å²) in [6, 6.07) is 4.03. The second kappa shape index (κ2) is 8.05. The van der Waals surface area contributed by atoms with Crippen LogP contribution in [-0.4, -0.2) is 45.9 Å². The average Bonchev–Trinajstić information content (AvgIpc) is 3.36. The first-order valence-corrected chi connectivity index (χ1v) is 10.3. The van der Waals surface area contributed by atoms with E-state index in [1.807, 2.05) is 0 Å². The number of aromatic nitrogens is 1. The Morgan fingerprint density at radius 1 is 1.41 bits per heavy atom. The smallest absolute Gasteiger partial charge is 0.288 e.